The number of rotatable bonds is 7. The van der Waals surface area contributed by atoms with Gasteiger partial charge in [0.15, 0.2) is 0 Å². The molecule has 6 rings (SSSR count). The molecule has 1 aliphatic heterocycles. The summed E-state index contributed by atoms with van der Waals surface area (Å²) in [6.45, 7) is 8.30. The average molecular weight is 540 g/mol. The summed E-state index contributed by atoms with van der Waals surface area (Å²) in [5, 5.41) is 8.79. The molecular formula is C32H37N5O3. The molecule has 8 heteroatoms. The van der Waals surface area contributed by atoms with Crippen molar-refractivity contribution in [3.63, 3.8) is 0 Å². The molecule has 0 unspecified atom stereocenters. The van der Waals surface area contributed by atoms with Crippen LogP contribution >= 0.6 is 0 Å². The van der Waals surface area contributed by atoms with Crippen LogP contribution in [0.1, 0.15) is 64.5 Å². The van der Waals surface area contributed by atoms with Gasteiger partial charge in [0.25, 0.3) is 11.5 Å². The van der Waals surface area contributed by atoms with Gasteiger partial charge in [0, 0.05) is 49.0 Å². The number of nitrogens with zero attached hydrogens (tertiary/aromatic N) is 3. The van der Waals surface area contributed by atoms with Crippen LogP contribution in [-0.2, 0) is 17.8 Å². The molecule has 0 bridgehead atoms. The standard InChI is InChI=1S/C32H37N5O3/c1-21-15-22(2)34-32(39)28(21)18-33-31(38)27-16-25(17-30-29(27)20-37(35-30)26-5-3-4-6-26)24-9-7-23(8-10-24)19-36-11-13-40-14-12-36/h7-10,15-17,20,26H,3-6,11-14,18-19H2,1-2H3,(H,33,38)(H,34,39). The normalized spacial score (nSPS) is 16.6. The van der Waals surface area contributed by atoms with Gasteiger partial charge in [-0.15, -0.1) is 0 Å². The first-order valence-corrected chi connectivity index (χ1v) is 14.3. The summed E-state index contributed by atoms with van der Waals surface area (Å²) >= 11 is 0. The molecule has 0 atom stereocenters. The summed E-state index contributed by atoms with van der Waals surface area (Å²) in [5.74, 6) is -0.207. The number of amides is 1. The van der Waals surface area contributed by atoms with Gasteiger partial charge >= 0.3 is 0 Å². The molecule has 4 aromatic rings. The second-order valence-electron chi connectivity index (χ2n) is 11.2. The summed E-state index contributed by atoms with van der Waals surface area (Å²) in [6.07, 6.45) is 6.67. The van der Waals surface area contributed by atoms with Crippen LogP contribution in [0.25, 0.3) is 22.0 Å². The number of fused-ring (bicyclic) bond motifs is 1. The maximum atomic E-state index is 13.6. The highest BCUT2D eigenvalue weighted by atomic mass is 16.5. The fourth-order valence-corrected chi connectivity index (χ4v) is 6.04. The van der Waals surface area contributed by atoms with Crippen LogP contribution < -0.4 is 10.9 Å². The Bertz CT molecular complexity index is 1570. The fourth-order valence-electron chi connectivity index (χ4n) is 6.04. The highest BCUT2D eigenvalue weighted by Gasteiger charge is 2.22. The van der Waals surface area contributed by atoms with Crippen molar-refractivity contribution in [1.82, 2.24) is 25.0 Å². The number of H-pyrrole nitrogens is 1. The number of carbonyl (C=O) groups excluding carboxylic acids is 1. The first-order chi connectivity index (χ1) is 19.4. The number of ether oxygens (including phenoxy) is 1. The molecule has 1 saturated heterocycles. The monoisotopic (exact) mass is 539 g/mol. The van der Waals surface area contributed by atoms with Gasteiger partial charge in [-0.25, -0.2) is 0 Å². The number of aromatic amines is 1. The van der Waals surface area contributed by atoms with Gasteiger partial charge in [0.1, 0.15) is 0 Å². The highest BCUT2D eigenvalue weighted by molar-refractivity contribution is 6.07. The van der Waals surface area contributed by atoms with Crippen molar-refractivity contribution < 1.29 is 9.53 Å². The van der Waals surface area contributed by atoms with Crippen LogP contribution in [0.3, 0.4) is 0 Å². The molecule has 2 aromatic carbocycles. The van der Waals surface area contributed by atoms with E-state index in [1.54, 1.807) is 0 Å². The van der Waals surface area contributed by atoms with E-state index in [4.69, 9.17) is 9.84 Å². The Kier molecular flexibility index (Phi) is 7.54. The van der Waals surface area contributed by atoms with Crippen molar-refractivity contribution in [3.05, 3.63) is 87.0 Å². The number of benzene rings is 2. The Morgan fingerprint density at radius 3 is 2.52 bits per heavy atom. The predicted octanol–water partition coefficient (Wildman–Crippen LogP) is 4.89. The number of morpholine rings is 1. The minimum absolute atomic E-state index is 0.164. The van der Waals surface area contributed by atoms with Crippen molar-refractivity contribution >= 4 is 16.8 Å². The zero-order chi connectivity index (χ0) is 27.6. The number of nitrogens with one attached hydrogen (secondary N) is 2. The van der Waals surface area contributed by atoms with Crippen molar-refractivity contribution in [1.29, 1.82) is 0 Å². The topological polar surface area (TPSA) is 92.2 Å². The number of hydrogen-bond donors (Lipinski definition) is 2. The molecule has 2 N–H and O–H groups in total. The molecule has 0 radical (unpaired) electrons. The number of pyridine rings is 1. The second-order valence-corrected chi connectivity index (χ2v) is 11.2. The largest absolute Gasteiger partial charge is 0.379 e. The van der Waals surface area contributed by atoms with Crippen LogP contribution in [0, 0.1) is 13.8 Å². The molecule has 208 valence electrons. The van der Waals surface area contributed by atoms with Gasteiger partial charge in [-0.1, -0.05) is 37.1 Å². The second kappa shape index (κ2) is 11.4. The summed E-state index contributed by atoms with van der Waals surface area (Å²) in [5.41, 5.74) is 6.74. The molecule has 8 nitrogen and oxygen atoms in total. The van der Waals surface area contributed by atoms with Gasteiger partial charge in [-0.05, 0) is 67.1 Å². The molecule has 1 amide bonds. The van der Waals surface area contributed by atoms with Gasteiger partial charge < -0.3 is 15.0 Å². The third kappa shape index (κ3) is 5.60. The van der Waals surface area contributed by atoms with Crippen LogP contribution in [0.5, 0.6) is 0 Å². The summed E-state index contributed by atoms with van der Waals surface area (Å²) in [4.78, 5) is 31.4. The van der Waals surface area contributed by atoms with E-state index in [0.717, 1.165) is 79.0 Å². The van der Waals surface area contributed by atoms with Crippen molar-refractivity contribution in [2.75, 3.05) is 26.3 Å². The number of hydrogen-bond acceptors (Lipinski definition) is 5. The summed E-state index contributed by atoms with van der Waals surface area (Å²) < 4.78 is 7.53. The summed E-state index contributed by atoms with van der Waals surface area (Å²) in [6, 6.07) is 14.9. The van der Waals surface area contributed by atoms with Crippen molar-refractivity contribution in [2.24, 2.45) is 0 Å². The number of aromatic nitrogens is 3. The minimum Gasteiger partial charge on any atom is -0.379 e. The Morgan fingerprint density at radius 2 is 1.80 bits per heavy atom. The highest BCUT2D eigenvalue weighted by Crippen LogP contribution is 2.33. The van der Waals surface area contributed by atoms with Crippen LogP contribution in [0.15, 0.2) is 53.5 Å². The molecule has 3 heterocycles. The van der Waals surface area contributed by atoms with Gasteiger partial charge in [0.2, 0.25) is 0 Å². The Balaban J connectivity index is 1.31. The van der Waals surface area contributed by atoms with Crippen molar-refractivity contribution in [2.45, 2.75) is 58.7 Å². The number of carbonyl (C=O) groups is 1. The Morgan fingerprint density at radius 1 is 1.05 bits per heavy atom. The molecule has 40 heavy (non-hydrogen) atoms. The molecule has 1 aliphatic carbocycles. The van der Waals surface area contributed by atoms with Gasteiger partial charge in [-0.2, -0.15) is 5.10 Å². The Labute approximate surface area is 234 Å². The molecule has 2 aliphatic rings. The SMILES string of the molecule is Cc1cc(C)c(CNC(=O)c2cc(-c3ccc(CN4CCOCC4)cc3)cc3nn(C4CCCC4)cc23)c(=O)[nH]1. The maximum absolute atomic E-state index is 13.6. The van der Waals surface area contributed by atoms with E-state index in [-0.39, 0.29) is 18.0 Å². The fraction of sp³-hybridized carbons (Fsp3) is 0.406. The number of aryl methyl sites for hydroxylation is 2. The first kappa shape index (κ1) is 26.5. The van der Waals surface area contributed by atoms with Crippen LogP contribution in [0.2, 0.25) is 0 Å². The molecular weight excluding hydrogens is 502 g/mol. The zero-order valence-corrected chi connectivity index (χ0v) is 23.3. The maximum Gasteiger partial charge on any atom is 0.253 e. The van der Waals surface area contributed by atoms with E-state index in [0.29, 0.717) is 17.2 Å². The van der Waals surface area contributed by atoms with E-state index in [9.17, 15) is 9.59 Å². The summed E-state index contributed by atoms with van der Waals surface area (Å²) in [7, 11) is 0. The van der Waals surface area contributed by atoms with E-state index < -0.39 is 0 Å². The third-order valence-corrected chi connectivity index (χ3v) is 8.30. The first-order valence-electron chi connectivity index (χ1n) is 14.3. The van der Waals surface area contributed by atoms with Gasteiger partial charge in [-0.3, -0.25) is 19.2 Å². The lowest BCUT2D eigenvalue weighted by atomic mass is 9.98. The lowest BCUT2D eigenvalue weighted by Crippen LogP contribution is -2.35. The molecule has 2 aromatic heterocycles. The minimum atomic E-state index is -0.207. The van der Waals surface area contributed by atoms with E-state index in [1.807, 2.05) is 32.2 Å². The van der Waals surface area contributed by atoms with Gasteiger partial charge in [0.05, 0.1) is 30.3 Å². The predicted molar refractivity (Wildman–Crippen MR) is 156 cm³/mol. The van der Waals surface area contributed by atoms with E-state index in [2.05, 4.69) is 50.2 Å². The average Bonchev–Trinajstić information content (AvgIpc) is 3.63. The van der Waals surface area contributed by atoms with Crippen LogP contribution in [0.4, 0.5) is 0 Å². The lowest BCUT2D eigenvalue weighted by Gasteiger charge is -2.26. The Hall–Kier alpha value is -3.75. The van der Waals surface area contributed by atoms with E-state index >= 15 is 0 Å². The smallest absolute Gasteiger partial charge is 0.253 e. The van der Waals surface area contributed by atoms with E-state index in [1.165, 1.54) is 18.4 Å². The molecule has 2 fully saturated rings. The van der Waals surface area contributed by atoms with Crippen LogP contribution in [-0.4, -0.2) is 51.9 Å². The molecule has 0 spiro atoms. The zero-order valence-electron chi connectivity index (χ0n) is 23.3. The third-order valence-electron chi connectivity index (χ3n) is 8.30. The quantitative estimate of drug-likeness (QED) is 0.349. The molecule has 1 saturated carbocycles. The lowest BCUT2D eigenvalue weighted by molar-refractivity contribution is 0.0342. The van der Waals surface area contributed by atoms with Crippen molar-refractivity contribution in [3.8, 4) is 11.1 Å².